The number of amides is 1. The van der Waals surface area contributed by atoms with E-state index >= 15 is 0 Å². The van der Waals surface area contributed by atoms with E-state index in [0.717, 1.165) is 55.6 Å². The summed E-state index contributed by atoms with van der Waals surface area (Å²) < 4.78 is 10.7. The number of piperidine rings is 1. The molecule has 2 unspecified atom stereocenters. The minimum absolute atomic E-state index is 0.120. The van der Waals surface area contributed by atoms with Gasteiger partial charge in [0.2, 0.25) is 0 Å². The van der Waals surface area contributed by atoms with Crippen molar-refractivity contribution in [2.45, 2.75) is 64.5 Å². The number of hydrogen-bond acceptors (Lipinski definition) is 8. The predicted molar refractivity (Wildman–Crippen MR) is 151 cm³/mol. The van der Waals surface area contributed by atoms with Crippen LogP contribution in [-0.2, 0) is 9.47 Å². The van der Waals surface area contributed by atoms with Crippen molar-refractivity contribution in [2.75, 3.05) is 37.0 Å². The first kappa shape index (κ1) is 27.0. The number of pyridine rings is 1. The lowest BCUT2D eigenvalue weighted by Crippen LogP contribution is -2.49. The molecule has 1 saturated carbocycles. The van der Waals surface area contributed by atoms with E-state index in [2.05, 4.69) is 15.2 Å². The highest BCUT2D eigenvalue weighted by Gasteiger charge is 2.43. The molecule has 1 aromatic carbocycles. The normalized spacial score (nSPS) is 21.1. The van der Waals surface area contributed by atoms with E-state index in [1.165, 1.54) is 7.11 Å². The third-order valence-corrected chi connectivity index (χ3v) is 8.02. The minimum atomic E-state index is -0.532. The molecular formula is C30H39N5O4. The van der Waals surface area contributed by atoms with Crippen LogP contribution in [0.4, 0.5) is 22.0 Å². The Labute approximate surface area is 230 Å². The highest BCUT2D eigenvalue weighted by atomic mass is 16.6. The molecule has 0 spiro atoms. The van der Waals surface area contributed by atoms with Gasteiger partial charge >= 0.3 is 12.1 Å². The molecule has 2 aromatic rings. The number of likely N-dealkylation sites (tertiary alicyclic amines) is 1. The first-order valence-electron chi connectivity index (χ1n) is 13.9. The summed E-state index contributed by atoms with van der Waals surface area (Å²) in [5.41, 5.74) is 2.65. The standard InChI is InChI=1S/C30H39N5O4/c1-30(2,3)39-29(37)35-16-13-20-18-34(15-14-23(20)35)24-17-22(28(36)38-4)33-27(32-21-11-6-5-7-12-21)25(24)26(31)19-9-8-10-19/h5-7,11-12,17,19-20,23,31H,8-10,13-16,18H2,1-4H3,(H,32,33). The molecule has 3 aliphatic rings. The summed E-state index contributed by atoms with van der Waals surface area (Å²) in [6.45, 7) is 7.77. The molecule has 1 amide bonds. The van der Waals surface area contributed by atoms with E-state index in [9.17, 15) is 15.0 Å². The topological polar surface area (TPSA) is 108 Å². The average molecular weight is 534 g/mol. The molecule has 2 N–H and O–H groups in total. The summed E-state index contributed by atoms with van der Waals surface area (Å²) in [5.74, 6) is 0.440. The fourth-order valence-electron chi connectivity index (χ4n) is 5.86. The van der Waals surface area contributed by atoms with Gasteiger partial charge in [0.1, 0.15) is 11.4 Å². The van der Waals surface area contributed by atoms with Crippen molar-refractivity contribution in [3.63, 3.8) is 0 Å². The maximum Gasteiger partial charge on any atom is 0.410 e. The van der Waals surface area contributed by atoms with Gasteiger partial charge in [-0.3, -0.25) is 0 Å². The van der Waals surface area contributed by atoms with Crippen molar-refractivity contribution in [2.24, 2.45) is 11.8 Å². The lowest BCUT2D eigenvalue weighted by molar-refractivity contribution is 0.0194. The third kappa shape index (κ3) is 5.72. The quantitative estimate of drug-likeness (QED) is 0.367. The van der Waals surface area contributed by atoms with Crippen LogP contribution in [0.15, 0.2) is 36.4 Å². The summed E-state index contributed by atoms with van der Waals surface area (Å²) in [6.07, 6.45) is 4.51. The van der Waals surface area contributed by atoms with Crippen LogP contribution < -0.4 is 10.2 Å². The summed E-state index contributed by atoms with van der Waals surface area (Å²) in [7, 11) is 1.35. The molecule has 2 aliphatic heterocycles. The maximum atomic E-state index is 12.9. The first-order chi connectivity index (χ1) is 18.6. The lowest BCUT2D eigenvalue weighted by atomic mass is 9.78. The predicted octanol–water partition coefficient (Wildman–Crippen LogP) is 5.62. The van der Waals surface area contributed by atoms with Gasteiger partial charge in [-0.25, -0.2) is 14.6 Å². The number of anilines is 3. The zero-order valence-corrected chi connectivity index (χ0v) is 23.3. The molecular weight excluding hydrogens is 494 g/mol. The number of rotatable bonds is 6. The maximum absolute atomic E-state index is 12.9. The molecule has 39 heavy (non-hydrogen) atoms. The minimum Gasteiger partial charge on any atom is -0.464 e. The van der Waals surface area contributed by atoms with Crippen LogP contribution in [0, 0.1) is 17.2 Å². The molecule has 0 bridgehead atoms. The van der Waals surface area contributed by atoms with Gasteiger partial charge in [-0.15, -0.1) is 0 Å². The Morgan fingerprint density at radius 3 is 2.46 bits per heavy atom. The van der Waals surface area contributed by atoms with E-state index in [1.54, 1.807) is 6.07 Å². The largest absolute Gasteiger partial charge is 0.464 e. The van der Waals surface area contributed by atoms with Crippen LogP contribution in [0.1, 0.15) is 68.9 Å². The number of carbonyl (C=O) groups is 2. The molecule has 2 saturated heterocycles. The molecule has 3 fully saturated rings. The Hall–Kier alpha value is -3.62. The van der Waals surface area contributed by atoms with Gasteiger partial charge in [0, 0.05) is 43.0 Å². The van der Waals surface area contributed by atoms with Crippen LogP contribution in [-0.4, -0.2) is 66.0 Å². The first-order valence-corrected chi connectivity index (χ1v) is 13.9. The van der Waals surface area contributed by atoms with Gasteiger partial charge in [0.15, 0.2) is 5.69 Å². The number of nitrogens with one attached hydrogen (secondary N) is 2. The summed E-state index contributed by atoms with van der Waals surface area (Å²) in [6, 6.07) is 11.6. The van der Waals surface area contributed by atoms with E-state index in [4.69, 9.17) is 9.47 Å². The molecule has 1 aliphatic carbocycles. The Bertz CT molecular complexity index is 1240. The zero-order chi connectivity index (χ0) is 27.7. The van der Waals surface area contributed by atoms with E-state index < -0.39 is 11.6 Å². The van der Waals surface area contributed by atoms with E-state index in [0.29, 0.717) is 24.6 Å². The monoisotopic (exact) mass is 533 g/mol. The molecule has 1 aromatic heterocycles. The molecule has 5 rings (SSSR count). The van der Waals surface area contributed by atoms with Crippen LogP contribution >= 0.6 is 0 Å². The molecule has 9 heteroatoms. The number of esters is 1. The zero-order valence-electron chi connectivity index (χ0n) is 23.3. The Kier molecular flexibility index (Phi) is 7.51. The van der Waals surface area contributed by atoms with Gasteiger partial charge in [0.05, 0.1) is 18.4 Å². The molecule has 3 heterocycles. The van der Waals surface area contributed by atoms with Crippen molar-refractivity contribution in [1.82, 2.24) is 9.88 Å². The molecule has 208 valence electrons. The number of aromatic nitrogens is 1. The van der Waals surface area contributed by atoms with Crippen LogP contribution in [0.3, 0.4) is 0 Å². The summed E-state index contributed by atoms with van der Waals surface area (Å²) >= 11 is 0. The average Bonchev–Trinajstić information content (AvgIpc) is 3.30. The number of carbonyl (C=O) groups excluding carboxylic acids is 2. The molecule has 9 nitrogen and oxygen atoms in total. The second kappa shape index (κ2) is 10.9. The smallest absolute Gasteiger partial charge is 0.410 e. The van der Waals surface area contributed by atoms with Gasteiger partial charge < -0.3 is 30.0 Å². The van der Waals surface area contributed by atoms with Crippen molar-refractivity contribution in [1.29, 1.82) is 5.41 Å². The fourth-order valence-corrected chi connectivity index (χ4v) is 5.86. The second-order valence-electron chi connectivity index (χ2n) is 11.8. The van der Waals surface area contributed by atoms with Crippen molar-refractivity contribution < 1.29 is 19.1 Å². The second-order valence-corrected chi connectivity index (χ2v) is 11.8. The number of methoxy groups -OCH3 is 1. The summed E-state index contributed by atoms with van der Waals surface area (Å²) in [4.78, 5) is 34.4. The van der Waals surface area contributed by atoms with Gasteiger partial charge in [-0.1, -0.05) is 24.6 Å². The number of para-hydroxylation sites is 1. The van der Waals surface area contributed by atoms with Gasteiger partial charge in [-0.2, -0.15) is 0 Å². The van der Waals surface area contributed by atoms with Crippen molar-refractivity contribution in [3.8, 4) is 0 Å². The van der Waals surface area contributed by atoms with Crippen molar-refractivity contribution >= 4 is 35.0 Å². The van der Waals surface area contributed by atoms with E-state index in [1.807, 2.05) is 56.0 Å². The van der Waals surface area contributed by atoms with Crippen molar-refractivity contribution in [3.05, 3.63) is 47.7 Å². The number of ether oxygens (including phenoxy) is 2. The van der Waals surface area contributed by atoms with Crippen LogP contribution in [0.2, 0.25) is 0 Å². The number of benzene rings is 1. The fraction of sp³-hybridized carbons (Fsp3) is 0.533. The third-order valence-electron chi connectivity index (χ3n) is 8.02. The lowest BCUT2D eigenvalue weighted by Gasteiger charge is -2.40. The Balaban J connectivity index is 1.49. The molecule has 2 atom stereocenters. The SMILES string of the molecule is COC(=O)c1cc(N2CCC3C(CCN3C(=O)OC(C)(C)C)C2)c(C(=N)C2CCC2)c(Nc2ccccc2)n1. The van der Waals surface area contributed by atoms with E-state index in [-0.39, 0.29) is 29.7 Å². The number of hydrogen-bond donors (Lipinski definition) is 2. The Morgan fingerprint density at radius 2 is 1.82 bits per heavy atom. The highest BCUT2D eigenvalue weighted by Crippen LogP contribution is 2.40. The highest BCUT2D eigenvalue weighted by molar-refractivity contribution is 6.10. The molecule has 0 radical (unpaired) electrons. The van der Waals surface area contributed by atoms with Gasteiger partial charge in [-0.05, 0) is 70.6 Å². The van der Waals surface area contributed by atoms with Crippen LogP contribution in [0.25, 0.3) is 0 Å². The number of nitrogens with zero attached hydrogens (tertiary/aromatic N) is 3. The summed E-state index contributed by atoms with van der Waals surface area (Å²) in [5, 5.41) is 12.6. The van der Waals surface area contributed by atoms with Crippen LogP contribution in [0.5, 0.6) is 0 Å². The Morgan fingerprint density at radius 1 is 1.08 bits per heavy atom. The number of fused-ring (bicyclic) bond motifs is 1. The van der Waals surface area contributed by atoms with Gasteiger partial charge in [0.25, 0.3) is 0 Å².